The fourth-order valence-corrected chi connectivity index (χ4v) is 4.03. The van der Waals surface area contributed by atoms with Gasteiger partial charge in [-0.05, 0) is 42.5 Å². The van der Waals surface area contributed by atoms with Gasteiger partial charge in [-0.2, -0.15) is 0 Å². The van der Waals surface area contributed by atoms with Crippen molar-refractivity contribution >= 4 is 40.0 Å². The zero-order chi connectivity index (χ0) is 25.9. The van der Waals surface area contributed by atoms with Gasteiger partial charge in [-0.25, -0.2) is 22.9 Å². The highest BCUT2D eigenvalue weighted by atomic mass is 19.2. The molecule has 2 amide bonds. The number of fused-ring (bicyclic) bond motifs is 1. The van der Waals surface area contributed by atoms with Crippen LogP contribution in [0.3, 0.4) is 0 Å². The van der Waals surface area contributed by atoms with Crippen LogP contribution in [-0.4, -0.2) is 48.0 Å². The van der Waals surface area contributed by atoms with E-state index in [9.17, 15) is 22.8 Å². The predicted octanol–water partition coefficient (Wildman–Crippen LogP) is 4.33. The van der Waals surface area contributed by atoms with Crippen LogP contribution in [-0.2, 0) is 0 Å². The molecule has 2 heterocycles. The Balaban J connectivity index is 1.40. The molecule has 8 nitrogen and oxygen atoms in total. The number of carbonyl (C=O) groups is 2. The van der Waals surface area contributed by atoms with Crippen molar-refractivity contribution in [3.63, 3.8) is 0 Å². The molecule has 4 aromatic rings. The molecule has 3 N–H and O–H groups in total. The van der Waals surface area contributed by atoms with E-state index in [1.807, 2.05) is 0 Å². The summed E-state index contributed by atoms with van der Waals surface area (Å²) in [5.74, 6) is -3.35. The Kier molecular flexibility index (Phi) is 6.69. The van der Waals surface area contributed by atoms with Crippen LogP contribution in [0.2, 0.25) is 0 Å². The van der Waals surface area contributed by atoms with Crippen molar-refractivity contribution in [3.05, 3.63) is 89.4 Å². The van der Waals surface area contributed by atoms with E-state index >= 15 is 0 Å². The maximum absolute atomic E-state index is 14.7. The lowest BCUT2D eigenvalue weighted by atomic mass is 10.0. The first kappa shape index (κ1) is 24.2. The van der Waals surface area contributed by atoms with Crippen molar-refractivity contribution in [2.24, 2.45) is 0 Å². The summed E-state index contributed by atoms with van der Waals surface area (Å²) in [6, 6.07) is 10.6. The van der Waals surface area contributed by atoms with Gasteiger partial charge in [-0.3, -0.25) is 9.78 Å². The van der Waals surface area contributed by atoms with E-state index in [2.05, 4.69) is 30.8 Å². The third-order valence-electron chi connectivity index (χ3n) is 5.85. The van der Waals surface area contributed by atoms with Gasteiger partial charge in [0, 0.05) is 49.2 Å². The molecule has 0 atom stereocenters. The molecular formula is C26H21F3N6O2. The molecule has 0 radical (unpaired) electrons. The third kappa shape index (κ3) is 5.36. The second kappa shape index (κ2) is 10.2. The number of benzene rings is 3. The number of piperazine rings is 1. The molecule has 0 saturated carbocycles. The molecule has 0 bridgehead atoms. The van der Waals surface area contributed by atoms with Crippen molar-refractivity contribution in [3.8, 4) is 0 Å². The van der Waals surface area contributed by atoms with E-state index < -0.39 is 34.8 Å². The van der Waals surface area contributed by atoms with Crippen LogP contribution in [0.5, 0.6) is 0 Å². The van der Waals surface area contributed by atoms with Crippen LogP contribution < -0.4 is 20.9 Å². The van der Waals surface area contributed by atoms with E-state index in [4.69, 9.17) is 0 Å². The average Bonchev–Trinajstić information content (AvgIpc) is 2.90. The molecule has 0 aliphatic carbocycles. The van der Waals surface area contributed by atoms with Gasteiger partial charge in [0.25, 0.3) is 0 Å². The van der Waals surface area contributed by atoms with Gasteiger partial charge in [-0.15, -0.1) is 0 Å². The second-order valence-corrected chi connectivity index (χ2v) is 8.41. The largest absolute Gasteiger partial charge is 0.353 e. The van der Waals surface area contributed by atoms with Crippen LogP contribution in [0.1, 0.15) is 15.9 Å². The first-order chi connectivity index (χ1) is 17.9. The molecule has 188 valence electrons. The molecule has 11 heteroatoms. The number of aromatic nitrogens is 2. The second-order valence-electron chi connectivity index (χ2n) is 8.41. The number of amides is 2. The quantitative estimate of drug-likeness (QED) is 0.349. The van der Waals surface area contributed by atoms with Crippen molar-refractivity contribution in [2.45, 2.75) is 0 Å². The van der Waals surface area contributed by atoms with Crippen molar-refractivity contribution in [1.29, 1.82) is 0 Å². The van der Waals surface area contributed by atoms with Crippen LogP contribution in [0.15, 0.2) is 60.8 Å². The van der Waals surface area contributed by atoms with Gasteiger partial charge in [0.05, 0.1) is 22.8 Å². The monoisotopic (exact) mass is 506 g/mol. The van der Waals surface area contributed by atoms with Crippen LogP contribution >= 0.6 is 0 Å². The lowest BCUT2D eigenvalue weighted by molar-refractivity contribution is 0.103. The first-order valence-corrected chi connectivity index (χ1v) is 11.5. The van der Waals surface area contributed by atoms with Gasteiger partial charge >= 0.3 is 6.03 Å². The zero-order valence-electron chi connectivity index (χ0n) is 19.4. The lowest BCUT2D eigenvalue weighted by Crippen LogP contribution is -2.43. The standard InChI is InChI=1S/C26H21F3N6O2/c27-16-2-1-3-17(11-16)32-26(37)33-18-12-19(24(29)20(28)13-18)25(36)15-4-5-21-22(10-15)34-23(14-31-21)35-8-6-30-7-9-35/h1-5,10-14,30H,6-9H2,(H2,32,33,37). The van der Waals surface area contributed by atoms with Crippen LogP contribution in [0, 0.1) is 17.5 Å². The Morgan fingerprint density at radius 2 is 1.68 bits per heavy atom. The maximum Gasteiger partial charge on any atom is 0.323 e. The SMILES string of the molecule is O=C(Nc1cccc(F)c1)Nc1cc(F)c(F)c(C(=O)c2ccc3ncc(N4CCNCC4)nc3c2)c1. The minimum Gasteiger partial charge on any atom is -0.353 e. The fraction of sp³-hybridized carbons (Fsp3) is 0.154. The van der Waals surface area contributed by atoms with Gasteiger partial charge in [0.15, 0.2) is 17.4 Å². The summed E-state index contributed by atoms with van der Waals surface area (Å²) >= 11 is 0. The summed E-state index contributed by atoms with van der Waals surface area (Å²) in [5, 5.41) is 7.98. The number of nitrogens with one attached hydrogen (secondary N) is 3. The molecule has 37 heavy (non-hydrogen) atoms. The number of nitrogens with zero attached hydrogens (tertiary/aromatic N) is 3. The number of rotatable bonds is 5. The minimum absolute atomic E-state index is 0.0823. The molecule has 3 aromatic carbocycles. The van der Waals surface area contributed by atoms with Crippen LogP contribution in [0.25, 0.3) is 11.0 Å². The average molecular weight is 506 g/mol. The van der Waals surface area contributed by atoms with Crippen molar-refractivity contribution in [2.75, 3.05) is 41.7 Å². The Bertz CT molecular complexity index is 1510. The third-order valence-corrected chi connectivity index (χ3v) is 5.85. The molecule has 1 aromatic heterocycles. The Morgan fingerprint density at radius 1 is 0.892 bits per heavy atom. The molecule has 0 unspecified atom stereocenters. The molecule has 0 spiro atoms. The molecule has 1 aliphatic rings. The van der Waals surface area contributed by atoms with Crippen molar-refractivity contribution in [1.82, 2.24) is 15.3 Å². The Labute approximate surface area is 209 Å². The molecule has 5 rings (SSSR count). The van der Waals surface area contributed by atoms with Gasteiger partial charge in [0.2, 0.25) is 0 Å². The number of hydrogen-bond acceptors (Lipinski definition) is 6. The zero-order valence-corrected chi connectivity index (χ0v) is 19.4. The van der Waals surface area contributed by atoms with Gasteiger partial charge in [0.1, 0.15) is 11.6 Å². The first-order valence-electron chi connectivity index (χ1n) is 11.5. The van der Waals surface area contributed by atoms with E-state index in [0.29, 0.717) is 16.9 Å². The van der Waals surface area contributed by atoms with E-state index in [1.165, 1.54) is 30.3 Å². The lowest BCUT2D eigenvalue weighted by Gasteiger charge is -2.28. The topological polar surface area (TPSA) is 99.2 Å². The molecule has 1 saturated heterocycles. The Morgan fingerprint density at radius 3 is 2.46 bits per heavy atom. The normalized spacial score (nSPS) is 13.4. The number of anilines is 3. The van der Waals surface area contributed by atoms with E-state index in [0.717, 1.165) is 44.4 Å². The van der Waals surface area contributed by atoms with Crippen molar-refractivity contribution < 1.29 is 22.8 Å². The Hall–Kier alpha value is -4.51. The van der Waals surface area contributed by atoms with Gasteiger partial charge in [-0.1, -0.05) is 6.07 Å². The van der Waals surface area contributed by atoms with Gasteiger partial charge < -0.3 is 20.9 Å². The molecular weight excluding hydrogens is 485 g/mol. The summed E-state index contributed by atoms with van der Waals surface area (Å²) in [5.41, 5.74) is 0.509. The summed E-state index contributed by atoms with van der Waals surface area (Å²) < 4.78 is 42.4. The van der Waals surface area contributed by atoms with E-state index in [-0.39, 0.29) is 16.9 Å². The number of ketones is 1. The summed E-state index contributed by atoms with van der Waals surface area (Å²) in [6.07, 6.45) is 1.66. The van der Waals surface area contributed by atoms with E-state index in [1.54, 1.807) is 12.3 Å². The van der Waals surface area contributed by atoms with Crippen LogP contribution in [0.4, 0.5) is 35.2 Å². The number of carbonyl (C=O) groups excluding carboxylic acids is 2. The number of hydrogen-bond donors (Lipinski definition) is 3. The summed E-state index contributed by atoms with van der Waals surface area (Å²) in [4.78, 5) is 36.5. The fourth-order valence-electron chi connectivity index (χ4n) is 4.03. The highest BCUT2D eigenvalue weighted by molar-refractivity contribution is 6.11. The molecule has 1 aliphatic heterocycles. The number of urea groups is 1. The highest BCUT2D eigenvalue weighted by Gasteiger charge is 2.21. The minimum atomic E-state index is -1.35. The maximum atomic E-state index is 14.7. The smallest absolute Gasteiger partial charge is 0.323 e. The summed E-state index contributed by atoms with van der Waals surface area (Å²) in [7, 11) is 0. The number of halogens is 3. The predicted molar refractivity (Wildman–Crippen MR) is 133 cm³/mol. The molecule has 1 fully saturated rings. The summed E-state index contributed by atoms with van der Waals surface area (Å²) in [6.45, 7) is 3.15. The highest BCUT2D eigenvalue weighted by Crippen LogP contribution is 2.24.